The van der Waals surface area contributed by atoms with Crippen LogP contribution < -0.4 is 0 Å². The van der Waals surface area contributed by atoms with Gasteiger partial charge in [-0.05, 0) is 43.9 Å². The van der Waals surface area contributed by atoms with Crippen molar-refractivity contribution in [3.05, 3.63) is 0 Å². The maximum Gasteiger partial charge on any atom is 0.222 e. The molecule has 0 aromatic carbocycles. The lowest BCUT2D eigenvalue weighted by molar-refractivity contribution is -0.134. The summed E-state index contributed by atoms with van der Waals surface area (Å²) in [4.78, 5) is 14.1. The van der Waals surface area contributed by atoms with Crippen molar-refractivity contribution in [2.24, 2.45) is 5.41 Å². The van der Waals surface area contributed by atoms with E-state index in [9.17, 15) is 4.79 Å². The molecule has 1 aliphatic heterocycles. The van der Waals surface area contributed by atoms with E-state index in [1.807, 2.05) is 0 Å². The predicted octanol–water partition coefficient (Wildman–Crippen LogP) is 3.97. The Kier molecular flexibility index (Phi) is 5.35. The van der Waals surface area contributed by atoms with E-state index in [0.29, 0.717) is 23.6 Å². The first-order valence-corrected chi connectivity index (χ1v) is 8.13. The minimum atomic E-state index is 0.353. The number of nitrogens with zero attached hydrogens (tertiary/aromatic N) is 1. The number of halogens is 1. The fourth-order valence-corrected chi connectivity index (χ4v) is 3.75. The van der Waals surface area contributed by atoms with Gasteiger partial charge in [-0.25, -0.2) is 0 Å². The summed E-state index contributed by atoms with van der Waals surface area (Å²) in [5, 5.41) is 0. The van der Waals surface area contributed by atoms with Crippen LogP contribution in [0.15, 0.2) is 0 Å². The van der Waals surface area contributed by atoms with Crippen molar-refractivity contribution in [3.8, 4) is 0 Å². The van der Waals surface area contributed by atoms with Crippen LogP contribution in [0.3, 0.4) is 0 Å². The molecule has 2 nitrogen and oxygen atoms in total. The SMILES string of the molecule is O=C(CCCCCl)N1CCC2(CCCCC2)CC1. The van der Waals surface area contributed by atoms with E-state index in [4.69, 9.17) is 11.6 Å². The van der Waals surface area contributed by atoms with E-state index in [1.54, 1.807) is 0 Å². The Morgan fingerprint density at radius 3 is 2.28 bits per heavy atom. The van der Waals surface area contributed by atoms with Gasteiger partial charge in [0.25, 0.3) is 0 Å². The highest BCUT2D eigenvalue weighted by atomic mass is 35.5. The Balaban J connectivity index is 1.73. The average molecular weight is 272 g/mol. The predicted molar refractivity (Wildman–Crippen MR) is 75.9 cm³/mol. The van der Waals surface area contributed by atoms with E-state index in [0.717, 1.165) is 25.9 Å². The molecule has 1 saturated carbocycles. The zero-order chi connectivity index (χ0) is 12.8. The van der Waals surface area contributed by atoms with Crippen LogP contribution in [-0.4, -0.2) is 29.8 Å². The van der Waals surface area contributed by atoms with E-state index in [2.05, 4.69) is 4.90 Å². The van der Waals surface area contributed by atoms with Crippen molar-refractivity contribution in [1.82, 2.24) is 4.90 Å². The van der Waals surface area contributed by atoms with Gasteiger partial charge in [-0.2, -0.15) is 0 Å². The number of amides is 1. The monoisotopic (exact) mass is 271 g/mol. The standard InChI is InChI=1S/C15H26ClNO/c16-11-5-2-6-14(18)17-12-9-15(10-13-17)7-3-1-4-8-15/h1-13H2. The number of rotatable bonds is 4. The van der Waals surface area contributed by atoms with Crippen LogP contribution in [0.25, 0.3) is 0 Å². The summed E-state index contributed by atoms with van der Waals surface area (Å²) in [6.45, 7) is 2.00. The number of carbonyl (C=O) groups excluding carboxylic acids is 1. The van der Waals surface area contributed by atoms with Crippen molar-refractivity contribution >= 4 is 17.5 Å². The number of piperidine rings is 1. The van der Waals surface area contributed by atoms with Crippen LogP contribution in [-0.2, 0) is 4.79 Å². The highest BCUT2D eigenvalue weighted by Crippen LogP contribution is 2.44. The number of hydrogen-bond donors (Lipinski definition) is 0. The van der Waals surface area contributed by atoms with Crippen LogP contribution in [0.1, 0.15) is 64.2 Å². The molecule has 0 aromatic heterocycles. The molecule has 2 aliphatic rings. The molecule has 0 atom stereocenters. The Labute approximate surface area is 116 Å². The zero-order valence-electron chi connectivity index (χ0n) is 11.4. The molecule has 1 saturated heterocycles. The molecule has 1 amide bonds. The molecule has 1 aliphatic carbocycles. The number of hydrogen-bond acceptors (Lipinski definition) is 1. The Morgan fingerprint density at radius 1 is 1.00 bits per heavy atom. The van der Waals surface area contributed by atoms with Gasteiger partial charge in [-0.3, -0.25) is 4.79 Å². The maximum absolute atomic E-state index is 12.0. The molecule has 0 unspecified atom stereocenters. The van der Waals surface area contributed by atoms with Crippen LogP contribution >= 0.6 is 11.6 Å². The second kappa shape index (κ2) is 6.79. The maximum atomic E-state index is 12.0. The summed E-state index contributed by atoms with van der Waals surface area (Å²) < 4.78 is 0. The smallest absolute Gasteiger partial charge is 0.222 e. The molecule has 0 radical (unpaired) electrons. The van der Waals surface area contributed by atoms with E-state index < -0.39 is 0 Å². The lowest BCUT2D eigenvalue weighted by Gasteiger charge is -2.44. The highest BCUT2D eigenvalue weighted by molar-refractivity contribution is 6.17. The minimum Gasteiger partial charge on any atom is -0.343 e. The van der Waals surface area contributed by atoms with Gasteiger partial charge in [0.2, 0.25) is 5.91 Å². The van der Waals surface area contributed by atoms with Crippen molar-refractivity contribution in [1.29, 1.82) is 0 Å². The molecule has 1 heterocycles. The number of alkyl halides is 1. The van der Waals surface area contributed by atoms with Crippen molar-refractivity contribution in [2.75, 3.05) is 19.0 Å². The fraction of sp³-hybridized carbons (Fsp3) is 0.933. The van der Waals surface area contributed by atoms with Gasteiger partial charge < -0.3 is 4.90 Å². The molecule has 0 N–H and O–H groups in total. The largest absolute Gasteiger partial charge is 0.343 e. The van der Waals surface area contributed by atoms with Gasteiger partial charge in [0.05, 0.1) is 0 Å². The van der Waals surface area contributed by atoms with Crippen molar-refractivity contribution < 1.29 is 4.79 Å². The lowest BCUT2D eigenvalue weighted by Crippen LogP contribution is -2.43. The molecule has 1 spiro atoms. The molecule has 0 aromatic rings. The topological polar surface area (TPSA) is 20.3 Å². The normalized spacial score (nSPS) is 23.3. The molecular formula is C15H26ClNO. The van der Waals surface area contributed by atoms with Gasteiger partial charge in [0, 0.05) is 25.4 Å². The van der Waals surface area contributed by atoms with Gasteiger partial charge in [-0.1, -0.05) is 19.3 Å². The molecule has 2 rings (SSSR count). The fourth-order valence-electron chi connectivity index (χ4n) is 3.56. The number of unbranched alkanes of at least 4 members (excludes halogenated alkanes) is 1. The van der Waals surface area contributed by atoms with Crippen molar-refractivity contribution in [3.63, 3.8) is 0 Å². The molecular weight excluding hydrogens is 246 g/mol. The molecule has 0 bridgehead atoms. The first kappa shape index (κ1) is 14.2. The van der Waals surface area contributed by atoms with Crippen LogP contribution in [0.4, 0.5) is 0 Å². The quantitative estimate of drug-likeness (QED) is 0.560. The average Bonchev–Trinajstić information content (AvgIpc) is 2.41. The Hall–Kier alpha value is -0.240. The lowest BCUT2D eigenvalue weighted by atomic mass is 9.68. The van der Waals surface area contributed by atoms with E-state index >= 15 is 0 Å². The number of carbonyl (C=O) groups is 1. The molecule has 18 heavy (non-hydrogen) atoms. The first-order chi connectivity index (χ1) is 8.76. The second-order valence-corrected chi connectivity index (χ2v) is 6.47. The zero-order valence-corrected chi connectivity index (χ0v) is 12.2. The van der Waals surface area contributed by atoms with E-state index in [-0.39, 0.29) is 0 Å². The third-order valence-electron chi connectivity index (χ3n) is 4.87. The Bertz CT molecular complexity index is 264. The van der Waals surface area contributed by atoms with Gasteiger partial charge in [0.15, 0.2) is 0 Å². The summed E-state index contributed by atoms with van der Waals surface area (Å²) in [6, 6.07) is 0. The first-order valence-electron chi connectivity index (χ1n) is 7.60. The molecule has 3 heteroatoms. The summed E-state index contributed by atoms with van der Waals surface area (Å²) in [7, 11) is 0. The van der Waals surface area contributed by atoms with Crippen LogP contribution in [0, 0.1) is 5.41 Å². The van der Waals surface area contributed by atoms with Crippen LogP contribution in [0.2, 0.25) is 0 Å². The van der Waals surface area contributed by atoms with Gasteiger partial charge in [0.1, 0.15) is 0 Å². The second-order valence-electron chi connectivity index (χ2n) is 6.09. The van der Waals surface area contributed by atoms with Crippen molar-refractivity contribution in [2.45, 2.75) is 64.2 Å². The van der Waals surface area contributed by atoms with Gasteiger partial charge >= 0.3 is 0 Å². The van der Waals surface area contributed by atoms with E-state index in [1.165, 1.54) is 44.9 Å². The third kappa shape index (κ3) is 3.63. The van der Waals surface area contributed by atoms with Crippen LogP contribution in [0.5, 0.6) is 0 Å². The third-order valence-corrected chi connectivity index (χ3v) is 5.13. The molecule has 2 fully saturated rings. The summed E-state index contributed by atoms with van der Waals surface area (Å²) in [5.41, 5.74) is 0.602. The Morgan fingerprint density at radius 2 is 1.67 bits per heavy atom. The highest BCUT2D eigenvalue weighted by Gasteiger charge is 2.36. The summed E-state index contributed by atoms with van der Waals surface area (Å²) >= 11 is 5.64. The molecule has 104 valence electrons. The number of likely N-dealkylation sites (tertiary alicyclic amines) is 1. The summed E-state index contributed by atoms with van der Waals surface area (Å²) in [6.07, 6.45) is 12.1. The van der Waals surface area contributed by atoms with Gasteiger partial charge in [-0.15, -0.1) is 11.6 Å². The summed E-state index contributed by atoms with van der Waals surface area (Å²) in [5.74, 6) is 1.03. The minimum absolute atomic E-state index is 0.353.